The molecule has 7 heteroatoms. The van der Waals surface area contributed by atoms with E-state index in [4.69, 9.17) is 14.2 Å². The van der Waals surface area contributed by atoms with Crippen molar-refractivity contribution in [3.63, 3.8) is 0 Å². The quantitative estimate of drug-likeness (QED) is 0.597. The van der Waals surface area contributed by atoms with Gasteiger partial charge >= 0.3 is 0 Å². The molecule has 1 heterocycles. The molecule has 0 aliphatic heterocycles. The number of methoxy groups -OCH3 is 1. The van der Waals surface area contributed by atoms with Crippen molar-refractivity contribution >= 4 is 31.9 Å². The Hall–Kier alpha value is -0.210. The molecule has 0 aliphatic rings. The van der Waals surface area contributed by atoms with Gasteiger partial charge in [0, 0.05) is 24.3 Å². The van der Waals surface area contributed by atoms with Gasteiger partial charge < -0.3 is 18.8 Å². The molecule has 0 amide bonds. The maximum Gasteiger partial charge on any atom is 0.264 e. The Kier molecular flexibility index (Phi) is 8.56. The van der Waals surface area contributed by atoms with Crippen molar-refractivity contribution in [3.05, 3.63) is 31.6 Å². The van der Waals surface area contributed by atoms with Gasteiger partial charge in [-0.2, -0.15) is 0 Å². The Morgan fingerprint density at radius 2 is 1.74 bits per heavy atom. The van der Waals surface area contributed by atoms with Crippen LogP contribution in [0.15, 0.2) is 26.0 Å². The SMILES string of the molecule is COCCOCCOCCn1cc(Br)cc(Br)c1=O. The van der Waals surface area contributed by atoms with Gasteiger partial charge in [0.2, 0.25) is 0 Å². The molecule has 1 aromatic heterocycles. The van der Waals surface area contributed by atoms with Crippen molar-refractivity contribution in [2.45, 2.75) is 6.54 Å². The molecular formula is C12H17Br2NO4. The molecule has 0 saturated carbocycles. The second kappa shape index (κ2) is 9.66. The molecule has 1 aromatic rings. The highest BCUT2D eigenvalue weighted by atomic mass is 79.9. The monoisotopic (exact) mass is 397 g/mol. The van der Waals surface area contributed by atoms with Crippen LogP contribution in [0.4, 0.5) is 0 Å². The molecule has 19 heavy (non-hydrogen) atoms. The van der Waals surface area contributed by atoms with Gasteiger partial charge in [-0.05, 0) is 37.9 Å². The fraction of sp³-hybridized carbons (Fsp3) is 0.583. The maximum atomic E-state index is 11.8. The van der Waals surface area contributed by atoms with E-state index in [2.05, 4.69) is 31.9 Å². The van der Waals surface area contributed by atoms with Gasteiger partial charge in [0.1, 0.15) is 0 Å². The molecule has 0 bridgehead atoms. The average Bonchev–Trinajstić information content (AvgIpc) is 2.38. The molecule has 1 rings (SSSR count). The zero-order valence-electron chi connectivity index (χ0n) is 10.7. The average molecular weight is 399 g/mol. The number of hydrogen-bond donors (Lipinski definition) is 0. The van der Waals surface area contributed by atoms with Crippen molar-refractivity contribution in [3.8, 4) is 0 Å². The van der Waals surface area contributed by atoms with Crippen molar-refractivity contribution in [2.24, 2.45) is 0 Å². The largest absolute Gasteiger partial charge is 0.382 e. The third kappa shape index (κ3) is 6.67. The standard InChI is InChI=1S/C12H17Br2NO4/c1-17-4-5-19-7-6-18-3-2-15-9-10(13)8-11(14)12(15)16/h8-9H,2-7H2,1H3. The highest BCUT2D eigenvalue weighted by molar-refractivity contribution is 9.11. The molecule has 108 valence electrons. The van der Waals surface area contributed by atoms with Gasteiger partial charge in [-0.3, -0.25) is 4.79 Å². The summed E-state index contributed by atoms with van der Waals surface area (Å²) in [4.78, 5) is 11.8. The first kappa shape index (κ1) is 16.8. The number of pyridine rings is 1. The molecule has 0 atom stereocenters. The normalized spacial score (nSPS) is 10.9. The van der Waals surface area contributed by atoms with Crippen LogP contribution in [0.2, 0.25) is 0 Å². The summed E-state index contributed by atoms with van der Waals surface area (Å²) in [5, 5.41) is 0. The van der Waals surface area contributed by atoms with Crippen LogP contribution in [-0.4, -0.2) is 44.7 Å². The minimum absolute atomic E-state index is 0.0665. The molecule has 0 radical (unpaired) electrons. The summed E-state index contributed by atoms with van der Waals surface area (Å²) in [6, 6.07) is 1.73. The first-order chi connectivity index (χ1) is 9.15. The summed E-state index contributed by atoms with van der Waals surface area (Å²) in [5.74, 6) is 0. The Morgan fingerprint density at radius 1 is 1.11 bits per heavy atom. The zero-order chi connectivity index (χ0) is 14.1. The highest BCUT2D eigenvalue weighted by Crippen LogP contribution is 2.12. The van der Waals surface area contributed by atoms with Crippen molar-refractivity contribution in [2.75, 3.05) is 40.1 Å². The molecule has 0 aromatic carbocycles. The van der Waals surface area contributed by atoms with Gasteiger partial charge in [-0.1, -0.05) is 0 Å². The van der Waals surface area contributed by atoms with E-state index < -0.39 is 0 Å². The van der Waals surface area contributed by atoms with Gasteiger partial charge in [-0.25, -0.2) is 0 Å². The number of rotatable bonds is 9. The molecule has 0 N–H and O–H groups in total. The Labute approximate surface area is 129 Å². The first-order valence-electron chi connectivity index (χ1n) is 5.85. The van der Waals surface area contributed by atoms with Crippen LogP contribution in [0.5, 0.6) is 0 Å². The third-order valence-electron chi connectivity index (χ3n) is 2.29. The lowest BCUT2D eigenvalue weighted by atomic mass is 10.4. The van der Waals surface area contributed by atoms with Crippen LogP contribution < -0.4 is 5.56 Å². The molecule has 0 unspecified atom stereocenters. The minimum Gasteiger partial charge on any atom is -0.382 e. The third-order valence-corrected chi connectivity index (χ3v) is 3.29. The number of hydrogen-bond acceptors (Lipinski definition) is 4. The van der Waals surface area contributed by atoms with Gasteiger partial charge in [0.15, 0.2) is 0 Å². The number of halogens is 2. The van der Waals surface area contributed by atoms with E-state index in [0.29, 0.717) is 44.1 Å². The molecular weight excluding hydrogens is 382 g/mol. The Morgan fingerprint density at radius 3 is 2.42 bits per heavy atom. The minimum atomic E-state index is -0.0665. The van der Waals surface area contributed by atoms with Crippen LogP contribution in [0, 0.1) is 0 Å². The fourth-order valence-corrected chi connectivity index (χ4v) is 2.62. The summed E-state index contributed by atoms with van der Waals surface area (Å²) >= 11 is 6.56. The van der Waals surface area contributed by atoms with Gasteiger partial charge in [-0.15, -0.1) is 0 Å². The second-order valence-corrected chi connectivity index (χ2v) is 5.49. The molecule has 0 saturated heterocycles. The summed E-state index contributed by atoms with van der Waals surface area (Å²) in [7, 11) is 1.63. The second-order valence-electron chi connectivity index (χ2n) is 3.72. The van der Waals surface area contributed by atoms with Crippen LogP contribution in [0.1, 0.15) is 0 Å². The predicted molar refractivity (Wildman–Crippen MR) is 79.6 cm³/mol. The molecule has 5 nitrogen and oxygen atoms in total. The molecule has 0 spiro atoms. The lowest BCUT2D eigenvalue weighted by Gasteiger charge is -2.08. The lowest BCUT2D eigenvalue weighted by molar-refractivity contribution is 0.0229. The van der Waals surface area contributed by atoms with Crippen LogP contribution in [-0.2, 0) is 20.8 Å². The molecule has 0 aliphatic carbocycles. The van der Waals surface area contributed by atoms with Gasteiger partial charge in [0.05, 0.1) is 37.5 Å². The zero-order valence-corrected chi connectivity index (χ0v) is 13.9. The molecule has 0 fully saturated rings. The number of nitrogens with zero attached hydrogens (tertiary/aromatic N) is 1. The van der Waals surface area contributed by atoms with Crippen molar-refractivity contribution < 1.29 is 14.2 Å². The first-order valence-corrected chi connectivity index (χ1v) is 7.43. The topological polar surface area (TPSA) is 49.7 Å². The van der Waals surface area contributed by atoms with Crippen molar-refractivity contribution in [1.29, 1.82) is 0 Å². The Balaban J connectivity index is 2.21. The van der Waals surface area contributed by atoms with Crippen LogP contribution >= 0.6 is 31.9 Å². The van der Waals surface area contributed by atoms with E-state index in [1.165, 1.54) is 0 Å². The lowest BCUT2D eigenvalue weighted by Crippen LogP contribution is -2.23. The summed E-state index contributed by atoms with van der Waals surface area (Å²) < 4.78 is 18.5. The van der Waals surface area contributed by atoms with E-state index in [0.717, 1.165) is 4.47 Å². The summed E-state index contributed by atoms with van der Waals surface area (Å²) in [6.45, 7) is 3.17. The predicted octanol–water partition coefficient (Wildman–Crippen LogP) is 2.05. The van der Waals surface area contributed by atoms with Crippen LogP contribution in [0.25, 0.3) is 0 Å². The van der Waals surface area contributed by atoms with Crippen LogP contribution in [0.3, 0.4) is 0 Å². The summed E-state index contributed by atoms with van der Waals surface area (Å²) in [6.07, 6.45) is 1.74. The maximum absolute atomic E-state index is 11.8. The van der Waals surface area contributed by atoms with E-state index in [-0.39, 0.29) is 5.56 Å². The summed E-state index contributed by atoms with van der Waals surface area (Å²) in [5.41, 5.74) is -0.0665. The van der Waals surface area contributed by atoms with E-state index >= 15 is 0 Å². The van der Waals surface area contributed by atoms with Gasteiger partial charge in [0.25, 0.3) is 5.56 Å². The fourth-order valence-electron chi connectivity index (χ4n) is 1.36. The smallest absolute Gasteiger partial charge is 0.264 e. The highest BCUT2D eigenvalue weighted by Gasteiger charge is 2.02. The van der Waals surface area contributed by atoms with E-state index in [1.807, 2.05) is 0 Å². The van der Waals surface area contributed by atoms with Crippen molar-refractivity contribution in [1.82, 2.24) is 4.57 Å². The Bertz CT molecular complexity index is 436. The number of aromatic nitrogens is 1. The number of ether oxygens (including phenoxy) is 3. The van der Waals surface area contributed by atoms with E-state index in [9.17, 15) is 4.79 Å². The van der Waals surface area contributed by atoms with E-state index in [1.54, 1.807) is 23.9 Å².